The molecule has 3 aliphatic rings. The van der Waals surface area contributed by atoms with Gasteiger partial charge >= 0.3 is 0 Å². The van der Waals surface area contributed by atoms with Crippen LogP contribution in [0.1, 0.15) is 26.2 Å². The van der Waals surface area contributed by atoms with Gasteiger partial charge in [0.1, 0.15) is 6.61 Å². The molecule has 0 aromatic carbocycles. The van der Waals surface area contributed by atoms with Crippen LogP contribution in [0.3, 0.4) is 0 Å². The van der Waals surface area contributed by atoms with Crippen molar-refractivity contribution in [3.63, 3.8) is 0 Å². The molecule has 3 N–H and O–H groups in total. The number of nitrogens with zero attached hydrogens (tertiary/aromatic N) is 4. The number of likely N-dealkylation sites (N-methyl/N-ethyl adjacent to an activating group) is 1. The number of nitrogens with two attached hydrogens (primary N) is 1. The summed E-state index contributed by atoms with van der Waals surface area (Å²) < 4.78 is 6.12. The number of fused-ring (bicyclic) bond motifs is 3. The van der Waals surface area contributed by atoms with Crippen molar-refractivity contribution < 1.29 is 4.74 Å². The van der Waals surface area contributed by atoms with E-state index in [2.05, 4.69) is 32.0 Å². The van der Waals surface area contributed by atoms with Crippen LogP contribution in [0.4, 0.5) is 17.6 Å². The Morgan fingerprint density at radius 3 is 2.91 bits per heavy atom. The summed E-state index contributed by atoms with van der Waals surface area (Å²) in [5.74, 6) is 2.88. The fraction of sp³-hybridized carbons (Fsp3) is 0.733. The van der Waals surface area contributed by atoms with Gasteiger partial charge in [-0.25, -0.2) is 0 Å². The first-order chi connectivity index (χ1) is 10.6. The molecule has 0 bridgehead atoms. The zero-order chi connectivity index (χ0) is 15.3. The maximum absolute atomic E-state index is 6.12. The topological polar surface area (TPSA) is 79.5 Å². The fourth-order valence-electron chi connectivity index (χ4n) is 3.92. The highest BCUT2D eigenvalue weighted by molar-refractivity contribution is 5.71. The number of nitrogen functional groups attached to an aromatic ring is 1. The Labute approximate surface area is 130 Å². The van der Waals surface area contributed by atoms with E-state index in [0.29, 0.717) is 18.6 Å². The van der Waals surface area contributed by atoms with Gasteiger partial charge in [0.05, 0.1) is 5.54 Å². The summed E-state index contributed by atoms with van der Waals surface area (Å²) in [7, 11) is 2.00. The molecule has 0 saturated carbocycles. The Hall–Kier alpha value is -1.76. The van der Waals surface area contributed by atoms with Crippen molar-refractivity contribution >= 4 is 17.6 Å². The second-order valence-electron chi connectivity index (χ2n) is 6.82. The molecule has 120 valence electrons. The van der Waals surface area contributed by atoms with E-state index in [1.54, 1.807) is 0 Å². The van der Waals surface area contributed by atoms with E-state index in [4.69, 9.17) is 10.5 Å². The van der Waals surface area contributed by atoms with Crippen molar-refractivity contribution in [2.24, 2.45) is 0 Å². The lowest BCUT2D eigenvalue weighted by Gasteiger charge is -2.41. The molecule has 22 heavy (non-hydrogen) atoms. The molecule has 2 fully saturated rings. The highest BCUT2D eigenvalue weighted by atomic mass is 16.5. The smallest absolute Gasteiger partial charge is 0.224 e. The summed E-state index contributed by atoms with van der Waals surface area (Å²) in [5.41, 5.74) is 6.04. The van der Waals surface area contributed by atoms with E-state index in [0.717, 1.165) is 49.9 Å². The van der Waals surface area contributed by atoms with Crippen LogP contribution in [-0.4, -0.2) is 54.8 Å². The van der Waals surface area contributed by atoms with E-state index in [1.807, 2.05) is 7.05 Å². The molecular formula is C15H24N6O. The van der Waals surface area contributed by atoms with Gasteiger partial charge in [-0.15, -0.1) is 0 Å². The molecule has 4 heterocycles. The molecule has 0 radical (unpaired) electrons. The summed E-state index contributed by atoms with van der Waals surface area (Å²) in [6.07, 6.45) is 3.41. The quantitative estimate of drug-likeness (QED) is 0.828. The van der Waals surface area contributed by atoms with Gasteiger partial charge in [-0.2, -0.15) is 9.97 Å². The van der Waals surface area contributed by atoms with E-state index in [-0.39, 0.29) is 5.54 Å². The number of hydrogen-bond donors (Lipinski definition) is 2. The van der Waals surface area contributed by atoms with Crippen LogP contribution in [0.15, 0.2) is 0 Å². The van der Waals surface area contributed by atoms with Gasteiger partial charge < -0.3 is 25.6 Å². The van der Waals surface area contributed by atoms with E-state index in [9.17, 15) is 0 Å². The fourth-order valence-corrected chi connectivity index (χ4v) is 3.92. The summed E-state index contributed by atoms with van der Waals surface area (Å²) >= 11 is 0. The Morgan fingerprint density at radius 2 is 2.14 bits per heavy atom. The van der Waals surface area contributed by atoms with E-state index in [1.165, 1.54) is 6.42 Å². The average Bonchev–Trinajstić information content (AvgIpc) is 3.12. The van der Waals surface area contributed by atoms with E-state index < -0.39 is 0 Å². The lowest BCUT2D eigenvalue weighted by atomic mass is 9.99. The first kappa shape index (κ1) is 13.9. The Morgan fingerprint density at radius 1 is 1.32 bits per heavy atom. The van der Waals surface area contributed by atoms with Crippen molar-refractivity contribution in [1.29, 1.82) is 0 Å². The van der Waals surface area contributed by atoms with Gasteiger partial charge in [-0.1, -0.05) is 0 Å². The van der Waals surface area contributed by atoms with Crippen LogP contribution < -0.4 is 25.6 Å². The first-order valence-electron chi connectivity index (χ1n) is 8.11. The molecule has 1 aromatic rings. The molecule has 0 unspecified atom stereocenters. The number of nitrogens with one attached hydrogen (secondary N) is 1. The third-order valence-electron chi connectivity index (χ3n) is 5.27. The van der Waals surface area contributed by atoms with Crippen molar-refractivity contribution in [1.82, 2.24) is 15.3 Å². The third-order valence-corrected chi connectivity index (χ3v) is 5.27. The Bertz CT molecular complexity index is 594. The monoisotopic (exact) mass is 304 g/mol. The van der Waals surface area contributed by atoms with Crippen LogP contribution in [0.2, 0.25) is 0 Å². The number of ether oxygens (including phenoxy) is 1. The molecule has 3 aliphatic heterocycles. The van der Waals surface area contributed by atoms with E-state index >= 15 is 0 Å². The van der Waals surface area contributed by atoms with Gasteiger partial charge in [-0.05, 0) is 33.2 Å². The summed E-state index contributed by atoms with van der Waals surface area (Å²) in [6, 6.07) is 0.493. The molecule has 0 spiro atoms. The van der Waals surface area contributed by atoms with Crippen LogP contribution in [-0.2, 0) is 0 Å². The van der Waals surface area contributed by atoms with Crippen molar-refractivity contribution in [2.45, 2.75) is 37.8 Å². The van der Waals surface area contributed by atoms with Gasteiger partial charge in [-0.3, -0.25) is 0 Å². The van der Waals surface area contributed by atoms with Crippen LogP contribution in [0.5, 0.6) is 5.75 Å². The summed E-state index contributed by atoms with van der Waals surface area (Å²) in [6.45, 7) is 5.86. The zero-order valence-electron chi connectivity index (χ0n) is 13.3. The van der Waals surface area contributed by atoms with Crippen molar-refractivity contribution in [3.05, 3.63) is 0 Å². The number of aromatic nitrogens is 2. The highest BCUT2D eigenvalue weighted by Gasteiger charge is 2.44. The number of anilines is 3. The molecular weight excluding hydrogens is 280 g/mol. The molecule has 7 nitrogen and oxygen atoms in total. The van der Waals surface area contributed by atoms with Gasteiger partial charge in [0.25, 0.3) is 0 Å². The minimum atomic E-state index is 0.0452. The highest BCUT2D eigenvalue weighted by Crippen LogP contribution is 2.46. The van der Waals surface area contributed by atoms with Crippen LogP contribution in [0.25, 0.3) is 0 Å². The normalized spacial score (nSPS) is 30.2. The maximum Gasteiger partial charge on any atom is 0.224 e. The van der Waals surface area contributed by atoms with Crippen molar-refractivity contribution in [3.8, 4) is 5.75 Å². The standard InChI is InChI=1S/C15H24N6O/c1-15-5-3-6-21(15)13-11(22-9-15)12(18-14(16)19-13)20-7-4-10(8-20)17-2/h10,17H,3-9H2,1-2H3,(H2,16,18,19)/t10-,15+/m1/s1. The lowest BCUT2D eigenvalue weighted by molar-refractivity contribution is 0.211. The predicted molar refractivity (Wildman–Crippen MR) is 86.6 cm³/mol. The molecule has 0 aliphatic carbocycles. The molecule has 2 saturated heterocycles. The summed E-state index contributed by atoms with van der Waals surface area (Å²) in [5, 5.41) is 3.33. The number of hydrogen-bond acceptors (Lipinski definition) is 7. The lowest BCUT2D eigenvalue weighted by Crippen LogP contribution is -2.50. The predicted octanol–water partition coefficient (Wildman–Crippen LogP) is 0.608. The second-order valence-corrected chi connectivity index (χ2v) is 6.82. The van der Waals surface area contributed by atoms with Crippen LogP contribution >= 0.6 is 0 Å². The SMILES string of the molecule is CN[C@@H]1CCN(c2nc(N)nc3c2OC[C@]2(C)CCCN32)C1. The van der Waals surface area contributed by atoms with Gasteiger partial charge in [0, 0.05) is 25.7 Å². The average molecular weight is 304 g/mol. The van der Waals surface area contributed by atoms with Gasteiger partial charge in [0.2, 0.25) is 11.7 Å². The maximum atomic E-state index is 6.12. The second kappa shape index (κ2) is 4.87. The Balaban J connectivity index is 1.74. The zero-order valence-corrected chi connectivity index (χ0v) is 13.3. The van der Waals surface area contributed by atoms with Crippen molar-refractivity contribution in [2.75, 3.05) is 48.8 Å². The largest absolute Gasteiger partial charge is 0.484 e. The minimum Gasteiger partial charge on any atom is -0.484 e. The van der Waals surface area contributed by atoms with Gasteiger partial charge in [0.15, 0.2) is 11.6 Å². The molecule has 0 amide bonds. The number of rotatable bonds is 2. The van der Waals surface area contributed by atoms with Crippen LogP contribution in [0, 0.1) is 0 Å². The molecule has 7 heteroatoms. The summed E-state index contributed by atoms with van der Waals surface area (Å²) in [4.78, 5) is 13.6. The first-order valence-corrected chi connectivity index (χ1v) is 8.11. The Kier molecular flexibility index (Phi) is 3.07. The third kappa shape index (κ3) is 1.99. The molecule has 1 aromatic heterocycles. The molecule has 2 atom stereocenters. The molecule has 4 rings (SSSR count). The minimum absolute atomic E-state index is 0.0452.